The highest BCUT2D eigenvalue weighted by Crippen LogP contribution is 2.33. The maximum absolute atomic E-state index is 12.9. The molecule has 0 fully saturated rings. The molecule has 0 aromatic carbocycles. The van der Waals surface area contributed by atoms with Crippen molar-refractivity contribution in [3.05, 3.63) is 54.1 Å². The van der Waals surface area contributed by atoms with Crippen molar-refractivity contribution in [3.8, 4) is 5.88 Å². The van der Waals surface area contributed by atoms with Crippen LogP contribution in [0.4, 0.5) is 24.7 Å². The zero-order chi connectivity index (χ0) is 22.5. The van der Waals surface area contributed by atoms with Gasteiger partial charge in [0.25, 0.3) is 0 Å². The summed E-state index contributed by atoms with van der Waals surface area (Å²) in [6, 6.07) is 4.23. The van der Waals surface area contributed by atoms with E-state index < -0.39 is 17.8 Å². The first kappa shape index (κ1) is 22.6. The molecular formula is C18H20F3N7O2. The number of aliphatic hydroxyl groups excluding tert-OH is 1. The molecule has 2 heterocycles. The van der Waals surface area contributed by atoms with Crippen molar-refractivity contribution >= 4 is 23.2 Å². The van der Waals surface area contributed by atoms with Crippen LogP contribution in [-0.2, 0) is 0 Å². The largest absolute Gasteiger partial charge is 0.481 e. The molecule has 0 spiro atoms. The van der Waals surface area contributed by atoms with Gasteiger partial charge in [0, 0.05) is 17.8 Å². The number of alkyl halides is 3. The number of nitrogens with two attached hydrogens (primary N) is 2. The van der Waals surface area contributed by atoms with E-state index in [1.165, 1.54) is 20.2 Å². The maximum Gasteiger partial charge on any atom is 0.418 e. The lowest BCUT2D eigenvalue weighted by Crippen LogP contribution is -2.23. The fraction of sp³-hybridized carbons (Fsp3) is 0.222. The van der Waals surface area contributed by atoms with Gasteiger partial charge in [0.2, 0.25) is 5.88 Å². The molecule has 0 amide bonds. The molecule has 0 bridgehead atoms. The van der Waals surface area contributed by atoms with Crippen LogP contribution >= 0.6 is 0 Å². The highest BCUT2D eigenvalue weighted by molar-refractivity contribution is 6.08. The molecule has 6 N–H and O–H groups in total. The molecule has 0 aliphatic rings. The van der Waals surface area contributed by atoms with Gasteiger partial charge in [-0.25, -0.2) is 20.0 Å². The lowest BCUT2D eigenvalue weighted by atomic mass is 10.1. The molecule has 9 nitrogen and oxygen atoms in total. The second-order valence-electron chi connectivity index (χ2n) is 5.97. The third-order valence-corrected chi connectivity index (χ3v) is 3.61. The van der Waals surface area contributed by atoms with Gasteiger partial charge >= 0.3 is 6.18 Å². The minimum absolute atomic E-state index is 0.00352. The summed E-state index contributed by atoms with van der Waals surface area (Å²) in [5.74, 6) is 0.350. The lowest BCUT2D eigenvalue weighted by Gasteiger charge is -2.17. The van der Waals surface area contributed by atoms with Crippen LogP contribution in [0.5, 0.6) is 5.88 Å². The first-order valence-electron chi connectivity index (χ1n) is 8.37. The average molecular weight is 423 g/mol. The summed E-state index contributed by atoms with van der Waals surface area (Å²) in [7, 11) is 1.46. The molecule has 0 radical (unpaired) electrons. The van der Waals surface area contributed by atoms with Crippen LogP contribution < -0.4 is 21.5 Å². The first-order valence-corrected chi connectivity index (χ1v) is 8.37. The van der Waals surface area contributed by atoms with E-state index in [-0.39, 0.29) is 28.9 Å². The van der Waals surface area contributed by atoms with E-state index in [9.17, 15) is 18.3 Å². The number of amidine groups is 2. The Labute approximate surface area is 170 Å². The Morgan fingerprint density at radius 1 is 1.23 bits per heavy atom. The van der Waals surface area contributed by atoms with Crippen molar-refractivity contribution in [2.75, 3.05) is 12.4 Å². The Morgan fingerprint density at radius 3 is 2.47 bits per heavy atom. The van der Waals surface area contributed by atoms with E-state index >= 15 is 0 Å². The van der Waals surface area contributed by atoms with Gasteiger partial charge in [-0.05, 0) is 19.1 Å². The van der Waals surface area contributed by atoms with Gasteiger partial charge in [-0.15, -0.1) is 0 Å². The van der Waals surface area contributed by atoms with Crippen LogP contribution in [0.15, 0.2) is 53.0 Å². The van der Waals surface area contributed by atoms with Crippen molar-refractivity contribution in [2.45, 2.75) is 19.2 Å². The lowest BCUT2D eigenvalue weighted by molar-refractivity contribution is -0.206. The Morgan fingerprint density at radius 2 is 1.93 bits per heavy atom. The second-order valence-corrected chi connectivity index (χ2v) is 5.97. The summed E-state index contributed by atoms with van der Waals surface area (Å²) in [6.45, 7) is 4.89. The molecule has 160 valence electrons. The minimum Gasteiger partial charge on any atom is -0.481 e. The predicted octanol–water partition coefficient (Wildman–Crippen LogP) is 2.38. The van der Waals surface area contributed by atoms with Crippen molar-refractivity contribution in [1.82, 2.24) is 9.97 Å². The SMILES string of the molecule is C=C(N)/N=C(C)\N=C(/N)c1cc([C@@H](O)C(F)(F)F)cnc1Nc1ccc(OC)nc1. The van der Waals surface area contributed by atoms with Gasteiger partial charge in [0.15, 0.2) is 6.10 Å². The van der Waals surface area contributed by atoms with Crippen molar-refractivity contribution < 1.29 is 23.0 Å². The van der Waals surface area contributed by atoms with Gasteiger partial charge in [0.1, 0.15) is 23.3 Å². The molecule has 2 aromatic rings. The van der Waals surface area contributed by atoms with Gasteiger partial charge in [-0.2, -0.15) is 13.2 Å². The van der Waals surface area contributed by atoms with Crippen LogP contribution in [0.2, 0.25) is 0 Å². The molecule has 0 saturated carbocycles. The molecule has 0 aliphatic heterocycles. The van der Waals surface area contributed by atoms with Crippen molar-refractivity contribution in [1.29, 1.82) is 0 Å². The average Bonchev–Trinajstić information content (AvgIpc) is 2.66. The standard InChI is InChI=1S/C18H20F3N7O2/c1-9(22)26-10(2)27-16(23)13-6-11(15(29)18(19,20)21)7-25-17(13)28-12-4-5-14(30-3)24-8-12/h4-8,15,29H,1,22H2,2-3H3,(H,25,28)(H2,23,26,27)/t15-/m1/s1. The number of hydrogen-bond acceptors (Lipinski definition) is 7. The minimum atomic E-state index is -4.88. The van der Waals surface area contributed by atoms with Crippen molar-refractivity contribution in [2.24, 2.45) is 21.5 Å². The Bertz CT molecular complexity index is 973. The molecule has 1 atom stereocenters. The summed E-state index contributed by atoms with van der Waals surface area (Å²) >= 11 is 0. The van der Waals surface area contributed by atoms with E-state index in [0.717, 1.165) is 12.3 Å². The number of hydrogen-bond donors (Lipinski definition) is 4. The molecule has 2 aromatic heterocycles. The maximum atomic E-state index is 12.9. The topological polar surface area (TPSA) is 144 Å². The van der Waals surface area contributed by atoms with E-state index in [1.807, 2.05) is 0 Å². The van der Waals surface area contributed by atoms with Gasteiger partial charge in [-0.1, -0.05) is 6.58 Å². The van der Waals surface area contributed by atoms with E-state index in [4.69, 9.17) is 16.2 Å². The summed E-state index contributed by atoms with van der Waals surface area (Å²) in [5, 5.41) is 12.4. The third kappa shape index (κ3) is 5.91. The number of ether oxygens (including phenoxy) is 1. The number of nitrogens with zero attached hydrogens (tertiary/aromatic N) is 4. The van der Waals surface area contributed by atoms with E-state index in [0.29, 0.717) is 11.6 Å². The molecule has 0 aliphatic carbocycles. The fourth-order valence-electron chi connectivity index (χ4n) is 2.29. The molecule has 30 heavy (non-hydrogen) atoms. The zero-order valence-corrected chi connectivity index (χ0v) is 16.1. The van der Waals surface area contributed by atoms with E-state index in [2.05, 4.69) is 31.8 Å². The Hall–Kier alpha value is -3.67. The monoisotopic (exact) mass is 423 g/mol. The number of aliphatic imine (C=N–C) groups is 2. The number of anilines is 2. The summed E-state index contributed by atoms with van der Waals surface area (Å²) in [5.41, 5.74) is 11.3. The molecule has 0 unspecified atom stereocenters. The van der Waals surface area contributed by atoms with Crippen LogP contribution in [0, 0.1) is 0 Å². The Kier molecular flexibility index (Phi) is 6.95. The highest BCUT2D eigenvalue weighted by atomic mass is 19.4. The van der Waals surface area contributed by atoms with Crippen LogP contribution in [0.3, 0.4) is 0 Å². The van der Waals surface area contributed by atoms with Gasteiger partial charge in [0.05, 0.1) is 24.6 Å². The van der Waals surface area contributed by atoms with Gasteiger partial charge in [-0.3, -0.25) is 0 Å². The summed E-state index contributed by atoms with van der Waals surface area (Å²) in [4.78, 5) is 15.8. The highest BCUT2D eigenvalue weighted by Gasteiger charge is 2.40. The number of nitrogens with one attached hydrogen (secondary N) is 1. The quantitative estimate of drug-likeness (QED) is 0.412. The zero-order valence-electron chi connectivity index (χ0n) is 16.1. The molecule has 2 rings (SSSR count). The number of halogens is 3. The molecule has 12 heteroatoms. The van der Waals surface area contributed by atoms with Crippen molar-refractivity contribution in [3.63, 3.8) is 0 Å². The molecular weight excluding hydrogens is 403 g/mol. The Balaban J connectivity index is 2.51. The number of pyridine rings is 2. The molecule has 0 saturated heterocycles. The van der Waals surface area contributed by atoms with E-state index in [1.54, 1.807) is 12.1 Å². The van der Waals surface area contributed by atoms with Crippen LogP contribution in [-0.4, -0.2) is 40.0 Å². The summed E-state index contributed by atoms with van der Waals surface area (Å²) in [6.07, 6.45) is -5.31. The summed E-state index contributed by atoms with van der Waals surface area (Å²) < 4.78 is 43.7. The normalized spacial score (nSPS) is 13.7. The van der Waals surface area contributed by atoms with Crippen LogP contribution in [0.25, 0.3) is 0 Å². The number of rotatable bonds is 6. The van der Waals surface area contributed by atoms with Gasteiger partial charge < -0.3 is 26.6 Å². The number of aliphatic hydroxyl groups is 1. The number of aromatic nitrogens is 2. The smallest absolute Gasteiger partial charge is 0.418 e. The third-order valence-electron chi connectivity index (χ3n) is 3.61. The second kappa shape index (κ2) is 9.22. The number of methoxy groups -OCH3 is 1. The first-order chi connectivity index (χ1) is 14.0. The predicted molar refractivity (Wildman–Crippen MR) is 106 cm³/mol. The van der Waals surface area contributed by atoms with Crippen LogP contribution in [0.1, 0.15) is 24.2 Å². The fourth-order valence-corrected chi connectivity index (χ4v) is 2.29.